The van der Waals surface area contributed by atoms with Crippen molar-refractivity contribution >= 4 is 15.7 Å². The predicted octanol–water partition coefficient (Wildman–Crippen LogP) is 0.706. The molecule has 0 aromatic rings. The first kappa shape index (κ1) is 15.8. The Morgan fingerprint density at radius 1 is 1.30 bits per heavy atom. The smallest absolute Gasteiger partial charge is 0.223 e. The number of piperidine rings is 1. The summed E-state index contributed by atoms with van der Waals surface area (Å²) in [5, 5.41) is 6.11. The van der Waals surface area contributed by atoms with E-state index >= 15 is 0 Å². The summed E-state index contributed by atoms with van der Waals surface area (Å²) in [4.78, 5) is 12.1. The molecule has 1 saturated heterocycles. The lowest BCUT2D eigenvalue weighted by Gasteiger charge is -2.23. The lowest BCUT2D eigenvalue weighted by Crippen LogP contribution is -2.38. The molecule has 2 aliphatic rings. The van der Waals surface area contributed by atoms with Crippen LogP contribution < -0.4 is 10.6 Å². The molecule has 0 radical (unpaired) electrons. The maximum atomic E-state index is 12.1. The summed E-state index contributed by atoms with van der Waals surface area (Å²) >= 11 is 0. The molecule has 5 nitrogen and oxygen atoms in total. The van der Waals surface area contributed by atoms with Crippen LogP contribution in [0.1, 0.15) is 40.0 Å². The fourth-order valence-electron chi connectivity index (χ4n) is 2.93. The molecule has 1 aliphatic heterocycles. The lowest BCUT2D eigenvalue weighted by atomic mass is 9.92. The largest absolute Gasteiger partial charge is 0.355 e. The van der Waals surface area contributed by atoms with Gasteiger partial charge in [-0.1, -0.05) is 0 Å². The highest BCUT2D eigenvalue weighted by Gasteiger charge is 2.57. The minimum Gasteiger partial charge on any atom is -0.355 e. The molecule has 0 aromatic carbocycles. The normalized spacial score (nSPS) is 25.4. The van der Waals surface area contributed by atoms with Crippen LogP contribution in [-0.4, -0.2) is 44.5 Å². The van der Waals surface area contributed by atoms with Gasteiger partial charge in [-0.2, -0.15) is 0 Å². The molecule has 20 heavy (non-hydrogen) atoms. The van der Waals surface area contributed by atoms with E-state index in [1.807, 2.05) is 0 Å². The van der Waals surface area contributed by atoms with Crippen molar-refractivity contribution in [3.8, 4) is 0 Å². The van der Waals surface area contributed by atoms with Crippen molar-refractivity contribution in [3.05, 3.63) is 0 Å². The maximum Gasteiger partial charge on any atom is 0.223 e. The fraction of sp³-hybridized carbons (Fsp3) is 0.929. The Hall–Kier alpha value is -0.620. The number of nitrogens with one attached hydrogen (secondary N) is 2. The van der Waals surface area contributed by atoms with Crippen molar-refractivity contribution in [3.63, 3.8) is 0 Å². The molecular formula is C14H26N2O3S. The summed E-state index contributed by atoms with van der Waals surface area (Å²) in [6, 6.07) is 0. The average Bonchev–Trinajstić information content (AvgIpc) is 3.02. The van der Waals surface area contributed by atoms with Crippen molar-refractivity contribution in [2.24, 2.45) is 11.3 Å². The molecule has 2 N–H and O–H groups in total. The van der Waals surface area contributed by atoms with Gasteiger partial charge in [0.05, 0.1) is 10.5 Å². The van der Waals surface area contributed by atoms with Gasteiger partial charge < -0.3 is 10.6 Å². The zero-order chi connectivity index (χ0) is 15.0. The molecule has 1 amide bonds. The van der Waals surface area contributed by atoms with E-state index in [0.717, 1.165) is 32.4 Å². The Morgan fingerprint density at radius 2 is 1.90 bits per heavy atom. The third-order valence-electron chi connectivity index (χ3n) is 4.71. The van der Waals surface area contributed by atoms with Gasteiger partial charge in [0.15, 0.2) is 9.84 Å². The minimum atomic E-state index is -3.16. The first-order valence-corrected chi connectivity index (χ1v) is 9.04. The van der Waals surface area contributed by atoms with E-state index in [9.17, 15) is 13.2 Å². The van der Waals surface area contributed by atoms with Crippen LogP contribution in [0.5, 0.6) is 0 Å². The number of hydrogen-bond donors (Lipinski definition) is 2. The molecule has 0 aromatic heterocycles. The first-order valence-electron chi connectivity index (χ1n) is 7.39. The van der Waals surface area contributed by atoms with Crippen LogP contribution in [0, 0.1) is 11.3 Å². The Labute approximate surface area is 121 Å². The van der Waals surface area contributed by atoms with Crippen molar-refractivity contribution < 1.29 is 13.2 Å². The van der Waals surface area contributed by atoms with Gasteiger partial charge in [0.2, 0.25) is 5.91 Å². The Bertz CT molecular complexity index is 473. The lowest BCUT2D eigenvalue weighted by molar-refractivity contribution is -0.123. The van der Waals surface area contributed by atoms with Crippen LogP contribution in [0.15, 0.2) is 0 Å². The van der Waals surface area contributed by atoms with Gasteiger partial charge in [0.25, 0.3) is 0 Å². The van der Waals surface area contributed by atoms with Crippen LogP contribution in [0.3, 0.4) is 0 Å². The topological polar surface area (TPSA) is 75.3 Å². The second-order valence-electron chi connectivity index (χ2n) is 7.09. The average molecular weight is 302 g/mol. The second kappa shape index (κ2) is 5.30. The number of amides is 1. The molecule has 6 heteroatoms. The zero-order valence-corrected chi connectivity index (χ0v) is 13.5. The zero-order valence-electron chi connectivity index (χ0n) is 12.7. The van der Waals surface area contributed by atoms with Gasteiger partial charge in [-0.3, -0.25) is 4.79 Å². The summed E-state index contributed by atoms with van der Waals surface area (Å²) in [7, 11) is -3.16. The molecular weight excluding hydrogens is 276 g/mol. The quantitative estimate of drug-likeness (QED) is 0.802. The van der Waals surface area contributed by atoms with Gasteiger partial charge in [0.1, 0.15) is 0 Å². The molecule has 116 valence electrons. The van der Waals surface area contributed by atoms with Crippen molar-refractivity contribution in [2.75, 3.05) is 25.4 Å². The van der Waals surface area contributed by atoms with Gasteiger partial charge in [0, 0.05) is 12.5 Å². The summed E-state index contributed by atoms with van der Waals surface area (Å²) in [6.07, 6.45) is 3.09. The van der Waals surface area contributed by atoms with Gasteiger partial charge in [-0.25, -0.2) is 8.42 Å². The molecule has 2 fully saturated rings. The SMILES string of the molecule is CC(C)(C)S(=O)(=O)CCNC(=O)C1CC12CCNCC2. The van der Waals surface area contributed by atoms with Crippen LogP contribution in [-0.2, 0) is 14.6 Å². The third kappa shape index (κ3) is 3.17. The Morgan fingerprint density at radius 3 is 2.45 bits per heavy atom. The Balaban J connectivity index is 1.77. The van der Waals surface area contributed by atoms with E-state index in [0.29, 0.717) is 0 Å². The summed E-state index contributed by atoms with van der Waals surface area (Å²) in [5.74, 6) is 0.154. The first-order chi connectivity index (χ1) is 9.18. The minimum absolute atomic E-state index is 0.0174. The van der Waals surface area contributed by atoms with Gasteiger partial charge in [-0.15, -0.1) is 0 Å². The van der Waals surface area contributed by atoms with E-state index in [1.165, 1.54) is 0 Å². The highest BCUT2D eigenvalue weighted by atomic mass is 32.2. The molecule has 1 heterocycles. The molecule has 2 rings (SSSR count). The van der Waals surface area contributed by atoms with Crippen LogP contribution in [0.2, 0.25) is 0 Å². The predicted molar refractivity (Wildman–Crippen MR) is 79.2 cm³/mol. The number of rotatable bonds is 4. The molecule has 1 atom stereocenters. The van der Waals surface area contributed by atoms with Crippen molar-refractivity contribution in [1.29, 1.82) is 0 Å². The highest BCUT2D eigenvalue weighted by Crippen LogP contribution is 2.58. The number of hydrogen-bond acceptors (Lipinski definition) is 4. The summed E-state index contributed by atoms with van der Waals surface area (Å²) < 4.78 is 23.2. The van der Waals surface area contributed by atoms with Crippen LogP contribution in [0.25, 0.3) is 0 Å². The molecule has 1 aliphatic carbocycles. The van der Waals surface area contributed by atoms with Crippen LogP contribution in [0.4, 0.5) is 0 Å². The molecule has 1 spiro atoms. The summed E-state index contributed by atoms with van der Waals surface area (Å²) in [5.41, 5.74) is 0.207. The van der Waals surface area contributed by atoms with E-state index < -0.39 is 14.6 Å². The van der Waals surface area contributed by atoms with Gasteiger partial charge in [-0.05, 0) is 58.5 Å². The number of sulfone groups is 1. The Kier molecular flexibility index (Phi) is 4.17. The molecule has 1 saturated carbocycles. The fourth-order valence-corrected chi connectivity index (χ4v) is 3.92. The van der Waals surface area contributed by atoms with Crippen molar-refractivity contribution in [2.45, 2.75) is 44.8 Å². The maximum absolute atomic E-state index is 12.1. The standard InChI is InChI=1S/C14H26N2O3S/c1-13(2,3)20(18,19)9-8-16-12(17)11-10-14(11)4-6-15-7-5-14/h11,15H,4-10H2,1-3H3,(H,16,17). The third-order valence-corrected chi connectivity index (χ3v) is 7.32. The van der Waals surface area contributed by atoms with Crippen LogP contribution >= 0.6 is 0 Å². The van der Waals surface area contributed by atoms with Gasteiger partial charge >= 0.3 is 0 Å². The second-order valence-corrected chi connectivity index (χ2v) is 9.95. The monoisotopic (exact) mass is 302 g/mol. The molecule has 1 unspecified atom stereocenters. The van der Waals surface area contributed by atoms with E-state index in [-0.39, 0.29) is 29.5 Å². The van der Waals surface area contributed by atoms with E-state index in [1.54, 1.807) is 20.8 Å². The van der Waals surface area contributed by atoms with E-state index in [4.69, 9.17) is 0 Å². The van der Waals surface area contributed by atoms with E-state index in [2.05, 4.69) is 10.6 Å². The summed E-state index contributed by atoms with van der Waals surface area (Å²) in [6.45, 7) is 7.27. The van der Waals surface area contributed by atoms with Crippen molar-refractivity contribution in [1.82, 2.24) is 10.6 Å². The number of carbonyl (C=O) groups is 1. The highest BCUT2D eigenvalue weighted by molar-refractivity contribution is 7.92. The number of carbonyl (C=O) groups excluding carboxylic acids is 1. The molecule has 0 bridgehead atoms.